The third kappa shape index (κ3) is 2.51. The molecule has 1 aromatic rings. The number of piperazine rings is 1. The second-order valence-corrected chi connectivity index (χ2v) is 6.60. The second kappa shape index (κ2) is 4.95. The Labute approximate surface area is 112 Å². The summed E-state index contributed by atoms with van der Waals surface area (Å²) in [6, 6.07) is 1.21. The van der Waals surface area contributed by atoms with Crippen LogP contribution >= 0.6 is 0 Å². The van der Waals surface area contributed by atoms with Crippen molar-refractivity contribution < 1.29 is 13.2 Å². The fourth-order valence-corrected chi connectivity index (χ4v) is 3.94. The van der Waals surface area contributed by atoms with Crippen LogP contribution in [0.1, 0.15) is 17.4 Å². The van der Waals surface area contributed by atoms with Crippen molar-refractivity contribution in [1.82, 2.24) is 14.2 Å². The largest absolute Gasteiger partial charge is 0.364 e. The van der Waals surface area contributed by atoms with Gasteiger partial charge >= 0.3 is 0 Å². The molecule has 0 radical (unpaired) electrons. The fraction of sp³-hybridized carbons (Fsp3) is 0.545. The number of rotatable bonds is 3. The lowest BCUT2D eigenvalue weighted by Gasteiger charge is -2.32. The highest BCUT2D eigenvalue weighted by atomic mass is 32.2. The molecule has 1 aliphatic heterocycles. The Hall–Kier alpha value is -1.38. The number of aryl methyl sites for hydroxylation is 1. The lowest BCUT2D eigenvalue weighted by Crippen LogP contribution is -2.52. The predicted molar refractivity (Wildman–Crippen MR) is 70.2 cm³/mol. The van der Waals surface area contributed by atoms with Crippen LogP contribution in [-0.2, 0) is 17.1 Å². The summed E-state index contributed by atoms with van der Waals surface area (Å²) in [5.74, 6) is -0.641. The molecule has 0 saturated carbocycles. The first-order valence-corrected chi connectivity index (χ1v) is 7.47. The smallest absolute Gasteiger partial charge is 0.265 e. The Morgan fingerprint density at radius 2 is 2.21 bits per heavy atom. The predicted octanol–water partition coefficient (Wildman–Crippen LogP) is -0.894. The van der Waals surface area contributed by atoms with Crippen LogP contribution in [0, 0.1) is 0 Å². The SMILES string of the molecule is CC1CNCCN1S(=O)(=O)c1cc(C(N)=O)n(C)c1. The van der Waals surface area contributed by atoms with Gasteiger partial charge in [0.15, 0.2) is 0 Å². The summed E-state index contributed by atoms with van der Waals surface area (Å²) in [6.07, 6.45) is 1.42. The second-order valence-electron chi connectivity index (χ2n) is 4.71. The summed E-state index contributed by atoms with van der Waals surface area (Å²) in [7, 11) is -1.98. The Morgan fingerprint density at radius 3 is 2.74 bits per heavy atom. The molecule has 7 nitrogen and oxygen atoms in total. The Bertz CT molecular complexity index is 593. The van der Waals surface area contributed by atoms with Crippen LogP contribution in [0.15, 0.2) is 17.2 Å². The van der Waals surface area contributed by atoms with Gasteiger partial charge in [-0.15, -0.1) is 0 Å². The average molecular weight is 286 g/mol. The molecule has 0 aromatic carbocycles. The molecule has 0 aliphatic carbocycles. The van der Waals surface area contributed by atoms with Gasteiger partial charge in [-0.05, 0) is 13.0 Å². The van der Waals surface area contributed by atoms with Crippen molar-refractivity contribution in [2.75, 3.05) is 19.6 Å². The number of nitrogens with two attached hydrogens (primary N) is 1. The van der Waals surface area contributed by atoms with Crippen LogP contribution in [-0.4, -0.2) is 48.9 Å². The summed E-state index contributed by atoms with van der Waals surface area (Å²) in [5, 5.41) is 3.14. The normalized spacial score (nSPS) is 21.5. The number of carbonyl (C=O) groups excluding carboxylic acids is 1. The van der Waals surface area contributed by atoms with Crippen LogP contribution < -0.4 is 11.1 Å². The van der Waals surface area contributed by atoms with Gasteiger partial charge in [0.2, 0.25) is 10.0 Å². The number of sulfonamides is 1. The van der Waals surface area contributed by atoms with Crippen molar-refractivity contribution >= 4 is 15.9 Å². The molecule has 1 amide bonds. The van der Waals surface area contributed by atoms with E-state index in [-0.39, 0.29) is 16.6 Å². The number of hydrogen-bond donors (Lipinski definition) is 2. The van der Waals surface area contributed by atoms with E-state index in [9.17, 15) is 13.2 Å². The van der Waals surface area contributed by atoms with Crippen molar-refractivity contribution in [2.24, 2.45) is 12.8 Å². The van der Waals surface area contributed by atoms with E-state index in [4.69, 9.17) is 5.73 Å². The highest BCUT2D eigenvalue weighted by Crippen LogP contribution is 2.21. The molecule has 19 heavy (non-hydrogen) atoms. The number of primary amides is 1. The van der Waals surface area contributed by atoms with Crippen LogP contribution in [0.2, 0.25) is 0 Å². The number of aromatic nitrogens is 1. The first kappa shape index (κ1) is 14.0. The molecule has 0 spiro atoms. The monoisotopic (exact) mass is 286 g/mol. The summed E-state index contributed by atoms with van der Waals surface area (Å²) in [4.78, 5) is 11.3. The van der Waals surface area contributed by atoms with Gasteiger partial charge in [0.05, 0.1) is 0 Å². The molecule has 1 saturated heterocycles. The standard InChI is InChI=1S/C11H18N4O3S/c1-8-6-13-3-4-15(8)19(17,18)9-5-10(11(12)16)14(2)7-9/h5,7-8,13H,3-4,6H2,1-2H3,(H2,12,16). The summed E-state index contributed by atoms with van der Waals surface area (Å²) >= 11 is 0. The summed E-state index contributed by atoms with van der Waals surface area (Å²) in [5.41, 5.74) is 5.38. The minimum atomic E-state index is -3.58. The lowest BCUT2D eigenvalue weighted by atomic mass is 10.3. The summed E-state index contributed by atoms with van der Waals surface area (Å²) < 4.78 is 27.9. The number of nitrogens with zero attached hydrogens (tertiary/aromatic N) is 2. The van der Waals surface area contributed by atoms with Crippen LogP contribution in [0.3, 0.4) is 0 Å². The molecule has 1 aliphatic rings. The van der Waals surface area contributed by atoms with Crippen LogP contribution in [0.4, 0.5) is 0 Å². The summed E-state index contributed by atoms with van der Waals surface area (Å²) in [6.45, 7) is 3.51. The van der Waals surface area contributed by atoms with Gasteiger partial charge in [0.1, 0.15) is 10.6 Å². The highest BCUT2D eigenvalue weighted by Gasteiger charge is 2.32. The third-order valence-electron chi connectivity index (χ3n) is 3.28. The zero-order chi connectivity index (χ0) is 14.2. The minimum absolute atomic E-state index is 0.109. The minimum Gasteiger partial charge on any atom is -0.364 e. The lowest BCUT2D eigenvalue weighted by molar-refractivity contribution is 0.0992. The number of hydrogen-bond acceptors (Lipinski definition) is 4. The molecule has 8 heteroatoms. The van der Waals surface area contributed by atoms with Gasteiger partial charge in [-0.1, -0.05) is 0 Å². The molecular formula is C11H18N4O3S. The van der Waals surface area contributed by atoms with E-state index in [1.807, 2.05) is 6.92 Å². The van der Waals surface area contributed by atoms with Crippen LogP contribution in [0.25, 0.3) is 0 Å². The maximum Gasteiger partial charge on any atom is 0.265 e. The zero-order valence-corrected chi connectivity index (χ0v) is 11.8. The molecule has 1 atom stereocenters. The third-order valence-corrected chi connectivity index (χ3v) is 5.26. The van der Waals surface area contributed by atoms with E-state index in [1.54, 1.807) is 7.05 Å². The topological polar surface area (TPSA) is 97.4 Å². The van der Waals surface area contributed by atoms with Gasteiger partial charge in [0, 0.05) is 38.9 Å². The molecule has 2 rings (SSSR count). The van der Waals surface area contributed by atoms with Crippen molar-refractivity contribution in [1.29, 1.82) is 0 Å². The van der Waals surface area contributed by atoms with Crippen LogP contribution in [0.5, 0.6) is 0 Å². The molecule has 2 heterocycles. The van der Waals surface area contributed by atoms with E-state index in [2.05, 4.69) is 5.32 Å². The van der Waals surface area contributed by atoms with Gasteiger partial charge in [0.25, 0.3) is 5.91 Å². The van der Waals surface area contributed by atoms with Gasteiger partial charge in [-0.25, -0.2) is 8.42 Å². The van der Waals surface area contributed by atoms with E-state index in [0.717, 1.165) is 0 Å². The highest BCUT2D eigenvalue weighted by molar-refractivity contribution is 7.89. The van der Waals surface area contributed by atoms with Crippen molar-refractivity contribution in [2.45, 2.75) is 17.9 Å². The van der Waals surface area contributed by atoms with Gasteiger partial charge in [-0.2, -0.15) is 4.31 Å². The quantitative estimate of drug-likeness (QED) is 0.753. The molecule has 0 bridgehead atoms. The van der Waals surface area contributed by atoms with E-state index in [0.29, 0.717) is 19.6 Å². The van der Waals surface area contributed by atoms with Crippen molar-refractivity contribution in [3.63, 3.8) is 0 Å². The van der Waals surface area contributed by atoms with Crippen molar-refractivity contribution in [3.8, 4) is 0 Å². The first-order valence-electron chi connectivity index (χ1n) is 6.03. The Morgan fingerprint density at radius 1 is 1.53 bits per heavy atom. The van der Waals surface area contributed by atoms with Gasteiger partial charge < -0.3 is 15.6 Å². The molecule has 1 aromatic heterocycles. The molecule has 3 N–H and O–H groups in total. The first-order chi connectivity index (χ1) is 8.84. The fourth-order valence-electron chi connectivity index (χ4n) is 2.24. The Kier molecular flexibility index (Phi) is 3.66. The number of nitrogens with one attached hydrogen (secondary N) is 1. The average Bonchev–Trinajstić information content (AvgIpc) is 2.72. The van der Waals surface area contributed by atoms with Gasteiger partial charge in [-0.3, -0.25) is 4.79 Å². The zero-order valence-electron chi connectivity index (χ0n) is 11.0. The van der Waals surface area contributed by atoms with E-state index in [1.165, 1.54) is 21.1 Å². The number of carbonyl (C=O) groups is 1. The number of amides is 1. The molecule has 106 valence electrons. The molecular weight excluding hydrogens is 268 g/mol. The van der Waals surface area contributed by atoms with E-state index >= 15 is 0 Å². The maximum atomic E-state index is 12.5. The maximum absolute atomic E-state index is 12.5. The molecule has 1 fully saturated rings. The van der Waals surface area contributed by atoms with E-state index < -0.39 is 15.9 Å². The Balaban J connectivity index is 2.39. The van der Waals surface area contributed by atoms with Crippen molar-refractivity contribution in [3.05, 3.63) is 18.0 Å². The molecule has 1 unspecified atom stereocenters.